The highest BCUT2D eigenvalue weighted by Crippen LogP contribution is 2.29. The van der Waals surface area contributed by atoms with Crippen LogP contribution in [0.2, 0.25) is 0 Å². The Morgan fingerprint density at radius 3 is 2.30 bits per heavy atom. The highest BCUT2D eigenvalue weighted by atomic mass is 35.5. The van der Waals surface area contributed by atoms with Crippen LogP contribution < -0.4 is 10.6 Å². The molecule has 0 atom stereocenters. The summed E-state index contributed by atoms with van der Waals surface area (Å²) in [5, 5.41) is 6.45. The molecule has 1 aromatic rings. The fourth-order valence-electron chi connectivity index (χ4n) is 3.95. The van der Waals surface area contributed by atoms with Gasteiger partial charge in [-0.3, -0.25) is 9.69 Å². The molecule has 0 saturated carbocycles. The zero-order valence-electron chi connectivity index (χ0n) is 16.2. The number of likely N-dealkylation sites (tertiary alicyclic amines) is 1. The summed E-state index contributed by atoms with van der Waals surface area (Å²) in [6, 6.07) is 8.65. The van der Waals surface area contributed by atoms with Crippen LogP contribution in [0.25, 0.3) is 0 Å². The number of halogens is 2. The lowest BCUT2D eigenvalue weighted by Gasteiger charge is -2.35. The fourth-order valence-corrected chi connectivity index (χ4v) is 3.95. The van der Waals surface area contributed by atoms with Crippen LogP contribution in [0.4, 0.5) is 0 Å². The van der Waals surface area contributed by atoms with Crippen molar-refractivity contribution in [1.29, 1.82) is 0 Å². The highest BCUT2D eigenvalue weighted by molar-refractivity contribution is 5.85. The van der Waals surface area contributed by atoms with E-state index in [-0.39, 0.29) is 36.1 Å². The lowest BCUT2D eigenvalue weighted by Crippen LogP contribution is -2.49. The molecule has 5 nitrogen and oxygen atoms in total. The number of ether oxygens (including phenoxy) is 1. The van der Waals surface area contributed by atoms with Crippen LogP contribution in [0.1, 0.15) is 36.8 Å². The summed E-state index contributed by atoms with van der Waals surface area (Å²) in [6.07, 6.45) is 4.31. The van der Waals surface area contributed by atoms with Crippen molar-refractivity contribution < 1.29 is 9.53 Å². The van der Waals surface area contributed by atoms with E-state index in [0.29, 0.717) is 13.2 Å². The minimum absolute atomic E-state index is 0. The number of carbonyl (C=O) groups is 1. The maximum absolute atomic E-state index is 12.8. The number of amides is 1. The van der Waals surface area contributed by atoms with Crippen molar-refractivity contribution in [2.45, 2.75) is 38.8 Å². The van der Waals surface area contributed by atoms with Crippen molar-refractivity contribution in [3.63, 3.8) is 0 Å². The molecule has 2 N–H and O–H groups in total. The lowest BCUT2D eigenvalue weighted by atomic mass is 9.78. The molecule has 154 valence electrons. The number of nitrogens with zero attached hydrogens (tertiary/aromatic N) is 1. The van der Waals surface area contributed by atoms with E-state index >= 15 is 0 Å². The maximum Gasteiger partial charge on any atom is 0.228 e. The third-order valence-corrected chi connectivity index (χ3v) is 5.54. The third-order valence-electron chi connectivity index (χ3n) is 5.54. The van der Waals surface area contributed by atoms with Crippen LogP contribution in [0.3, 0.4) is 0 Å². The molecule has 27 heavy (non-hydrogen) atoms. The molecule has 2 fully saturated rings. The average Bonchev–Trinajstić information content (AvgIpc) is 3.15. The molecule has 0 aromatic heterocycles. The second-order valence-electron chi connectivity index (χ2n) is 7.45. The maximum atomic E-state index is 12.8. The van der Waals surface area contributed by atoms with Crippen molar-refractivity contribution in [1.82, 2.24) is 15.5 Å². The van der Waals surface area contributed by atoms with Crippen molar-refractivity contribution in [2.75, 3.05) is 39.9 Å². The Morgan fingerprint density at radius 2 is 1.70 bits per heavy atom. The van der Waals surface area contributed by atoms with E-state index in [9.17, 15) is 4.79 Å². The van der Waals surface area contributed by atoms with Crippen molar-refractivity contribution >= 4 is 30.7 Å². The number of rotatable bonds is 7. The van der Waals surface area contributed by atoms with Gasteiger partial charge in [-0.1, -0.05) is 24.3 Å². The zero-order chi connectivity index (χ0) is 17.5. The van der Waals surface area contributed by atoms with Crippen molar-refractivity contribution in [3.05, 3.63) is 35.4 Å². The topological polar surface area (TPSA) is 53.6 Å². The first kappa shape index (κ1) is 24.2. The molecule has 0 radical (unpaired) electrons. The summed E-state index contributed by atoms with van der Waals surface area (Å²) in [5.74, 6) is 0.122. The first-order chi connectivity index (χ1) is 12.2. The van der Waals surface area contributed by atoms with Gasteiger partial charge in [0.25, 0.3) is 0 Å². The molecule has 1 amide bonds. The number of carbonyl (C=O) groups excluding carboxylic acids is 1. The van der Waals surface area contributed by atoms with Crippen LogP contribution >= 0.6 is 24.8 Å². The van der Waals surface area contributed by atoms with Crippen LogP contribution in [0.5, 0.6) is 0 Å². The summed E-state index contributed by atoms with van der Waals surface area (Å²) in [7, 11) is 1.68. The van der Waals surface area contributed by atoms with Crippen molar-refractivity contribution in [3.8, 4) is 0 Å². The van der Waals surface area contributed by atoms with E-state index in [2.05, 4.69) is 39.8 Å². The van der Waals surface area contributed by atoms with E-state index in [1.807, 2.05) is 0 Å². The smallest absolute Gasteiger partial charge is 0.228 e. The summed E-state index contributed by atoms with van der Waals surface area (Å²) in [4.78, 5) is 15.3. The summed E-state index contributed by atoms with van der Waals surface area (Å²) >= 11 is 0. The minimum Gasteiger partial charge on any atom is -0.384 e. The van der Waals surface area contributed by atoms with E-state index in [1.54, 1.807) is 7.11 Å². The molecule has 2 aliphatic heterocycles. The molecule has 1 aromatic carbocycles. The largest absolute Gasteiger partial charge is 0.384 e. The standard InChI is InChI=1S/C20H31N3O2.2ClH/c1-25-16-20(8-10-21-11-9-20)19(24)22-14-17-4-6-18(7-5-17)15-23-12-2-3-13-23;;/h4-7,21H,2-3,8-16H2,1H3,(H,22,24);2*1H. The molecule has 2 saturated heterocycles. The number of hydrogen-bond acceptors (Lipinski definition) is 4. The van der Waals surface area contributed by atoms with Crippen LogP contribution in [-0.4, -0.2) is 50.7 Å². The Labute approximate surface area is 175 Å². The van der Waals surface area contributed by atoms with Gasteiger partial charge >= 0.3 is 0 Å². The van der Waals surface area contributed by atoms with E-state index < -0.39 is 0 Å². The number of nitrogens with one attached hydrogen (secondary N) is 2. The number of methoxy groups -OCH3 is 1. The van der Waals surface area contributed by atoms with Crippen LogP contribution in [0.15, 0.2) is 24.3 Å². The van der Waals surface area contributed by atoms with Gasteiger partial charge in [0.15, 0.2) is 0 Å². The van der Waals surface area contributed by atoms with Gasteiger partial charge in [-0.2, -0.15) is 0 Å². The number of hydrogen-bond donors (Lipinski definition) is 2. The first-order valence-corrected chi connectivity index (χ1v) is 9.50. The third kappa shape index (κ3) is 6.61. The average molecular weight is 418 g/mol. The predicted octanol–water partition coefficient (Wildman–Crippen LogP) is 2.76. The second kappa shape index (κ2) is 11.9. The molecule has 7 heteroatoms. The fraction of sp³-hybridized carbons (Fsp3) is 0.650. The zero-order valence-corrected chi connectivity index (χ0v) is 17.8. The Morgan fingerprint density at radius 1 is 1.11 bits per heavy atom. The molecule has 0 spiro atoms. The van der Waals surface area contributed by atoms with E-state index in [0.717, 1.165) is 38.0 Å². The van der Waals surface area contributed by atoms with Gasteiger partial charge in [-0.25, -0.2) is 0 Å². The van der Waals surface area contributed by atoms with Gasteiger partial charge in [0.2, 0.25) is 5.91 Å². The van der Waals surface area contributed by atoms with Gasteiger partial charge in [-0.05, 0) is 63.0 Å². The number of piperidine rings is 1. The predicted molar refractivity (Wildman–Crippen MR) is 114 cm³/mol. The normalized spacial score (nSPS) is 19.0. The first-order valence-electron chi connectivity index (χ1n) is 9.50. The van der Waals surface area contributed by atoms with E-state index in [4.69, 9.17) is 4.74 Å². The Kier molecular flexibility index (Phi) is 10.6. The molecule has 0 bridgehead atoms. The second-order valence-corrected chi connectivity index (χ2v) is 7.45. The quantitative estimate of drug-likeness (QED) is 0.715. The molecule has 2 aliphatic rings. The molecular weight excluding hydrogens is 385 g/mol. The number of benzene rings is 1. The monoisotopic (exact) mass is 417 g/mol. The minimum atomic E-state index is -0.379. The van der Waals surface area contributed by atoms with Gasteiger partial charge in [0, 0.05) is 20.2 Å². The van der Waals surface area contributed by atoms with Crippen LogP contribution in [-0.2, 0) is 22.6 Å². The summed E-state index contributed by atoms with van der Waals surface area (Å²) in [5.41, 5.74) is 2.13. The van der Waals surface area contributed by atoms with Gasteiger partial charge in [-0.15, -0.1) is 24.8 Å². The summed E-state index contributed by atoms with van der Waals surface area (Å²) in [6.45, 7) is 6.31. The van der Waals surface area contributed by atoms with Gasteiger partial charge in [0.05, 0.1) is 12.0 Å². The molecule has 2 heterocycles. The Balaban J connectivity index is 0.00000182. The van der Waals surface area contributed by atoms with Crippen molar-refractivity contribution in [2.24, 2.45) is 5.41 Å². The Bertz CT molecular complexity index is 551. The molecule has 0 unspecified atom stereocenters. The SMILES string of the molecule is COCC1(C(=O)NCc2ccc(CN3CCCC3)cc2)CCNCC1.Cl.Cl. The van der Waals surface area contributed by atoms with Crippen LogP contribution in [0, 0.1) is 5.41 Å². The molecule has 0 aliphatic carbocycles. The van der Waals surface area contributed by atoms with E-state index in [1.165, 1.54) is 31.5 Å². The summed E-state index contributed by atoms with van der Waals surface area (Å²) < 4.78 is 5.34. The highest BCUT2D eigenvalue weighted by Gasteiger charge is 2.39. The Hall–Kier alpha value is -0.850. The van der Waals surface area contributed by atoms with Gasteiger partial charge in [0.1, 0.15) is 0 Å². The molecule has 3 rings (SSSR count). The molecular formula is C20H33Cl2N3O2. The van der Waals surface area contributed by atoms with Gasteiger partial charge < -0.3 is 15.4 Å². The lowest BCUT2D eigenvalue weighted by molar-refractivity contribution is -0.136.